The lowest BCUT2D eigenvalue weighted by molar-refractivity contribution is -0.267. The third-order valence-corrected chi connectivity index (χ3v) is 15.8. The van der Waals surface area contributed by atoms with Gasteiger partial charge in [0, 0.05) is 55.4 Å². The molecule has 4 amide bonds. The first kappa shape index (κ1) is 62.4. The number of aliphatic hydroxyl groups is 5. The van der Waals surface area contributed by atoms with E-state index >= 15 is 0 Å². The van der Waals surface area contributed by atoms with Crippen molar-refractivity contribution in [3.05, 3.63) is 96.9 Å². The third kappa shape index (κ3) is 17.4. The summed E-state index contributed by atoms with van der Waals surface area (Å²) >= 11 is 0. The van der Waals surface area contributed by atoms with Crippen LogP contribution in [0.4, 0.5) is 0 Å². The van der Waals surface area contributed by atoms with Crippen LogP contribution < -0.4 is 21.4 Å². The van der Waals surface area contributed by atoms with Crippen molar-refractivity contribution in [1.82, 2.24) is 26.4 Å². The van der Waals surface area contributed by atoms with E-state index in [1.54, 1.807) is 45.1 Å². The van der Waals surface area contributed by atoms with Crippen LogP contribution in [0.2, 0.25) is 0 Å². The fourth-order valence-electron chi connectivity index (χ4n) is 10.3. The Balaban J connectivity index is 1.53. The second-order valence-electron chi connectivity index (χ2n) is 21.8. The molecule has 0 aromatic carbocycles. The van der Waals surface area contributed by atoms with Crippen LogP contribution in [0.25, 0.3) is 0 Å². The van der Waals surface area contributed by atoms with Gasteiger partial charge in [-0.3, -0.25) is 29.0 Å². The molecule has 4 rings (SSSR count). The number of nitrogens with zero attached hydrogens (tertiary/aromatic N) is 1. The van der Waals surface area contributed by atoms with Gasteiger partial charge in [-0.25, -0.2) is 5.43 Å². The standard InChI is InChI=1S/C58H89N5O12/c1-12-42(25-20-24-38(8)64)31-45-56(72)63-29-21-26-44(62-63)57(73)74-49(28-19-15-18-27-46(65)39(9)48(67)33-51(68)60-52(34(3)4)55(71)59-45)36(6)23-17-14-16-22-35(5)47(66)32-50-40(10)53(69)41(11)58(75-50)37(7)30-43(13-2)54(70)61-58/h12,14-15,17-20,23-25,27,34-35,37,39-41,43-50,52-53,62,64-67,69H,1,8,13,16,21-22,26,28-33H2,2-7,9-11H3,(H,59,71)(H,60,68)(H,61,70)/b17-14+,19-15+,24-20-,27-18+,36-23+,42-25+/t35-,37-,39?,40-,41-,43-,44-,45-,46+,47-,48-,49-,50-,52?,53-,58+/m0/s1. The number of allylic oxidation sites excluding steroid dienone is 9. The van der Waals surface area contributed by atoms with Crippen molar-refractivity contribution >= 4 is 29.6 Å². The molecule has 0 aromatic heterocycles. The Hall–Kier alpha value is -5.17. The number of fused-ring (bicyclic) bond motifs is 2. The number of carbonyl (C=O) groups is 5. The highest BCUT2D eigenvalue weighted by molar-refractivity contribution is 5.92. The van der Waals surface area contributed by atoms with Crippen LogP contribution in [-0.2, 0) is 33.4 Å². The smallest absolute Gasteiger partial charge is 0.325 e. The van der Waals surface area contributed by atoms with Crippen LogP contribution in [0.5, 0.6) is 0 Å². The second-order valence-corrected chi connectivity index (χ2v) is 21.8. The van der Waals surface area contributed by atoms with E-state index in [1.807, 2.05) is 52.8 Å². The molecule has 0 saturated carbocycles. The highest BCUT2D eigenvalue weighted by Gasteiger charge is 2.57. The van der Waals surface area contributed by atoms with Gasteiger partial charge in [0.25, 0.3) is 5.91 Å². The topological polar surface area (TPSA) is 256 Å². The minimum absolute atomic E-state index is 0.0198. The molecular weight excluding hydrogens is 959 g/mol. The van der Waals surface area contributed by atoms with Crippen LogP contribution >= 0.6 is 0 Å². The maximum absolute atomic E-state index is 14.4. The van der Waals surface area contributed by atoms with Crippen LogP contribution in [0.15, 0.2) is 96.9 Å². The van der Waals surface area contributed by atoms with Gasteiger partial charge in [-0.1, -0.05) is 129 Å². The minimum atomic E-state index is -1.27. The zero-order valence-corrected chi connectivity index (χ0v) is 45.8. The third-order valence-electron chi connectivity index (χ3n) is 15.8. The summed E-state index contributed by atoms with van der Waals surface area (Å²) in [7, 11) is 0. The number of cyclic esters (lactones) is 1. The molecule has 2 unspecified atom stereocenters. The summed E-state index contributed by atoms with van der Waals surface area (Å²) in [4.78, 5) is 68.8. The van der Waals surface area contributed by atoms with Crippen LogP contribution in [0.3, 0.4) is 0 Å². The molecule has 0 aromatic rings. The van der Waals surface area contributed by atoms with Gasteiger partial charge in [0.05, 0.1) is 36.9 Å². The Bertz CT molecular complexity index is 2170. The van der Waals surface area contributed by atoms with E-state index in [0.717, 1.165) is 12.0 Å². The SMILES string of the molecule is C=C/C(=C\C=C/C(=C)O)C[C@@H]1NC(=O)C(C(C)C)NC(=O)C[C@H](O)C(C)[C@H](O)/C=C/C=C/C[C@@H](/C(C)=C/C=C/CC[C@H](C)[C@@H](O)C[C@@H]2O[C@@]3(NC(=O)[C@@H](CC)C[C@@H]3C)[C@@H](C)[C@@H](O)[C@H]2C)OC(=O)[C@@H]2CCCN(N2)C1=O. The van der Waals surface area contributed by atoms with Crippen LogP contribution in [-0.4, -0.2) is 127 Å². The molecule has 0 radical (unpaired) electrons. The Morgan fingerprint density at radius 1 is 0.987 bits per heavy atom. The summed E-state index contributed by atoms with van der Waals surface area (Å²) in [6.07, 6.45) is 16.8. The molecule has 16 atom stereocenters. The van der Waals surface area contributed by atoms with E-state index in [-0.39, 0.29) is 60.6 Å². The molecular formula is C58H89N5O12. The lowest BCUT2D eigenvalue weighted by Crippen LogP contribution is -2.71. The van der Waals surface area contributed by atoms with E-state index in [2.05, 4.69) is 41.5 Å². The minimum Gasteiger partial charge on any atom is -0.509 e. The van der Waals surface area contributed by atoms with Crippen LogP contribution in [0.1, 0.15) is 127 Å². The highest BCUT2D eigenvalue weighted by Crippen LogP contribution is 2.46. The van der Waals surface area contributed by atoms with Gasteiger partial charge in [0.1, 0.15) is 35.7 Å². The van der Waals surface area contributed by atoms with Crippen molar-refractivity contribution in [2.45, 2.75) is 187 Å². The Morgan fingerprint density at radius 3 is 2.37 bits per heavy atom. The monoisotopic (exact) mass is 1050 g/mol. The molecule has 3 fully saturated rings. The fraction of sp³-hybridized carbons (Fsp3) is 0.638. The maximum atomic E-state index is 14.4. The van der Waals surface area contributed by atoms with Crippen molar-refractivity contribution < 1.29 is 59.0 Å². The molecule has 418 valence electrons. The second kappa shape index (κ2) is 29.4. The molecule has 2 bridgehead atoms. The first-order chi connectivity index (χ1) is 35.4. The maximum Gasteiger partial charge on any atom is 0.325 e. The fourth-order valence-corrected chi connectivity index (χ4v) is 10.3. The molecule has 9 N–H and O–H groups in total. The number of ether oxygens (including phenoxy) is 2. The average molecular weight is 1050 g/mol. The average Bonchev–Trinajstić information content (AvgIpc) is 3.37. The zero-order chi connectivity index (χ0) is 55.7. The number of hydrazine groups is 1. The summed E-state index contributed by atoms with van der Waals surface area (Å²) in [6, 6.07) is -3.23. The number of amides is 4. The van der Waals surface area contributed by atoms with Gasteiger partial charge >= 0.3 is 5.97 Å². The molecule has 4 aliphatic heterocycles. The van der Waals surface area contributed by atoms with Crippen molar-refractivity contribution in [3.8, 4) is 0 Å². The van der Waals surface area contributed by atoms with E-state index in [9.17, 15) is 49.5 Å². The van der Waals surface area contributed by atoms with Gasteiger partial charge in [-0.05, 0) is 74.5 Å². The van der Waals surface area contributed by atoms with E-state index in [1.165, 1.54) is 29.3 Å². The highest BCUT2D eigenvalue weighted by atomic mass is 16.5. The predicted molar refractivity (Wildman–Crippen MR) is 289 cm³/mol. The molecule has 75 heavy (non-hydrogen) atoms. The predicted octanol–water partition coefficient (Wildman–Crippen LogP) is 5.99. The first-order valence-electron chi connectivity index (χ1n) is 27.1. The molecule has 17 nitrogen and oxygen atoms in total. The van der Waals surface area contributed by atoms with Gasteiger partial charge in [-0.15, -0.1) is 0 Å². The lowest BCUT2D eigenvalue weighted by Gasteiger charge is -2.56. The Morgan fingerprint density at radius 2 is 1.71 bits per heavy atom. The number of hydrogen-bond acceptors (Lipinski definition) is 13. The van der Waals surface area contributed by atoms with E-state index in [4.69, 9.17) is 9.47 Å². The first-order valence-corrected chi connectivity index (χ1v) is 27.1. The molecule has 4 heterocycles. The number of aliphatic hydroxyl groups excluding tert-OH is 5. The van der Waals surface area contributed by atoms with Gasteiger partial charge in [-0.2, -0.15) is 0 Å². The lowest BCUT2D eigenvalue weighted by atomic mass is 9.69. The Kier molecular flexibility index (Phi) is 24.4. The molecule has 0 aliphatic carbocycles. The van der Waals surface area contributed by atoms with Crippen molar-refractivity contribution in [3.63, 3.8) is 0 Å². The molecule has 17 heteroatoms. The normalized spacial score (nSPS) is 35.2. The number of esters is 1. The van der Waals surface area contributed by atoms with Crippen molar-refractivity contribution in [2.24, 2.45) is 41.4 Å². The number of nitrogens with one attached hydrogen (secondary N) is 4. The number of piperidine rings is 1. The van der Waals surface area contributed by atoms with E-state index in [0.29, 0.717) is 44.1 Å². The summed E-state index contributed by atoms with van der Waals surface area (Å²) in [6.45, 7) is 24.3. The summed E-state index contributed by atoms with van der Waals surface area (Å²) < 4.78 is 12.9. The molecule has 3 saturated heterocycles. The Labute approximate surface area is 445 Å². The van der Waals surface area contributed by atoms with Crippen molar-refractivity contribution in [1.29, 1.82) is 0 Å². The molecule has 4 aliphatic rings. The van der Waals surface area contributed by atoms with Gasteiger partial charge < -0.3 is 51.0 Å². The van der Waals surface area contributed by atoms with Crippen molar-refractivity contribution in [2.75, 3.05) is 6.54 Å². The van der Waals surface area contributed by atoms with Gasteiger partial charge in [0.15, 0.2) is 0 Å². The number of carbonyl (C=O) groups excluding carboxylic acids is 5. The quantitative estimate of drug-likeness (QED) is 0.0520. The van der Waals surface area contributed by atoms with E-state index < -0.39 is 102 Å². The summed E-state index contributed by atoms with van der Waals surface area (Å²) in [5.41, 5.74) is 3.28. The zero-order valence-electron chi connectivity index (χ0n) is 45.8. The summed E-state index contributed by atoms with van der Waals surface area (Å²) in [5.74, 6) is -4.71. The van der Waals surface area contributed by atoms with Gasteiger partial charge in [0.2, 0.25) is 17.7 Å². The number of hydrogen-bond donors (Lipinski definition) is 9. The largest absolute Gasteiger partial charge is 0.509 e. The summed E-state index contributed by atoms with van der Waals surface area (Å²) in [5, 5.41) is 64.3. The molecule has 1 spiro atoms. The van der Waals surface area contributed by atoms with Crippen LogP contribution in [0, 0.1) is 41.4 Å². The number of rotatable bonds is 15.